The Labute approximate surface area is 202 Å². The van der Waals surface area contributed by atoms with E-state index in [0.29, 0.717) is 23.7 Å². The quantitative estimate of drug-likeness (QED) is 0.373. The molecule has 0 spiro atoms. The number of likely N-dealkylation sites (tertiary alicyclic amines) is 1. The Morgan fingerprint density at radius 1 is 1.00 bits per heavy atom. The van der Waals surface area contributed by atoms with Gasteiger partial charge in [0, 0.05) is 42.2 Å². The molecule has 0 unspecified atom stereocenters. The van der Waals surface area contributed by atoms with E-state index in [-0.39, 0.29) is 17.8 Å². The van der Waals surface area contributed by atoms with Gasteiger partial charge in [-0.1, -0.05) is 18.2 Å². The molecule has 0 bridgehead atoms. The fourth-order valence-corrected chi connectivity index (χ4v) is 4.19. The van der Waals surface area contributed by atoms with E-state index >= 15 is 0 Å². The van der Waals surface area contributed by atoms with Crippen LogP contribution in [-0.4, -0.2) is 39.4 Å². The molecule has 1 aliphatic rings. The molecule has 1 saturated heterocycles. The van der Waals surface area contributed by atoms with Gasteiger partial charge in [0.1, 0.15) is 17.3 Å². The molecule has 0 aliphatic carbocycles. The summed E-state index contributed by atoms with van der Waals surface area (Å²) in [7, 11) is 1.62. The molecule has 1 amide bonds. The first kappa shape index (κ1) is 22.5. The second-order valence-electron chi connectivity index (χ2n) is 8.14. The Morgan fingerprint density at radius 3 is 2.69 bits per heavy atom. The van der Waals surface area contributed by atoms with Crippen LogP contribution >= 0.6 is 0 Å². The van der Waals surface area contributed by atoms with Gasteiger partial charge in [-0.05, 0) is 49.2 Å². The summed E-state index contributed by atoms with van der Waals surface area (Å²) < 4.78 is 24.5. The summed E-state index contributed by atoms with van der Waals surface area (Å²) in [6.45, 7) is 0.615. The maximum Gasteiger partial charge on any atom is 0.254 e. The van der Waals surface area contributed by atoms with Crippen LogP contribution in [-0.2, 0) is 0 Å². The summed E-state index contributed by atoms with van der Waals surface area (Å²) >= 11 is 0. The standard InChI is InChI=1S/C27H23FN4O3/c1-34-21-7-2-5-18(15-21)26-30-13-11-23(31-26)24-9-4-14-32(24)27(33)19-10-12-29-25(16-19)35-22-8-3-6-20(28)17-22/h2-3,5-8,10-13,15-17,24H,4,9,14H2,1H3/t24-/m0/s1. The van der Waals surface area contributed by atoms with Crippen molar-refractivity contribution in [3.05, 3.63) is 96.2 Å². The lowest BCUT2D eigenvalue weighted by Gasteiger charge is -2.24. The largest absolute Gasteiger partial charge is 0.497 e. The van der Waals surface area contributed by atoms with Gasteiger partial charge in [-0.25, -0.2) is 19.3 Å². The molecular formula is C27H23FN4O3. The molecule has 2 aromatic carbocycles. The van der Waals surface area contributed by atoms with Crippen molar-refractivity contribution in [3.8, 4) is 28.8 Å². The predicted octanol–water partition coefficient (Wildman–Crippen LogP) is 5.46. The molecule has 4 aromatic rings. The lowest BCUT2D eigenvalue weighted by molar-refractivity contribution is 0.0732. The monoisotopic (exact) mass is 470 g/mol. The van der Waals surface area contributed by atoms with Gasteiger partial charge >= 0.3 is 0 Å². The van der Waals surface area contributed by atoms with E-state index in [1.165, 1.54) is 18.3 Å². The molecule has 35 heavy (non-hydrogen) atoms. The third-order valence-corrected chi connectivity index (χ3v) is 5.86. The highest BCUT2D eigenvalue weighted by Crippen LogP contribution is 2.33. The lowest BCUT2D eigenvalue weighted by atomic mass is 10.1. The Morgan fingerprint density at radius 2 is 1.83 bits per heavy atom. The van der Waals surface area contributed by atoms with Crippen LogP contribution in [0.15, 0.2) is 79.1 Å². The molecule has 3 heterocycles. The summed E-state index contributed by atoms with van der Waals surface area (Å²) in [5, 5.41) is 0. The van der Waals surface area contributed by atoms with Crippen LogP contribution in [0.4, 0.5) is 4.39 Å². The summed E-state index contributed by atoms with van der Waals surface area (Å²) in [5.41, 5.74) is 2.07. The van der Waals surface area contributed by atoms with Crippen molar-refractivity contribution in [2.75, 3.05) is 13.7 Å². The molecule has 176 valence electrons. The Balaban J connectivity index is 1.38. The van der Waals surface area contributed by atoms with Crippen molar-refractivity contribution in [1.82, 2.24) is 19.9 Å². The van der Waals surface area contributed by atoms with Crippen molar-refractivity contribution < 1.29 is 18.7 Å². The van der Waals surface area contributed by atoms with Crippen molar-refractivity contribution in [2.24, 2.45) is 0 Å². The van der Waals surface area contributed by atoms with E-state index in [9.17, 15) is 9.18 Å². The van der Waals surface area contributed by atoms with Crippen molar-refractivity contribution in [2.45, 2.75) is 18.9 Å². The molecule has 1 aliphatic heterocycles. The zero-order valence-electron chi connectivity index (χ0n) is 19.1. The third kappa shape index (κ3) is 4.96. The first-order valence-electron chi connectivity index (χ1n) is 11.3. The number of carbonyl (C=O) groups excluding carboxylic acids is 1. The third-order valence-electron chi connectivity index (χ3n) is 5.86. The number of halogens is 1. The number of hydrogen-bond donors (Lipinski definition) is 0. The summed E-state index contributed by atoms with van der Waals surface area (Å²) in [6, 6.07) is 18.3. The molecule has 0 N–H and O–H groups in total. The van der Waals surface area contributed by atoms with Gasteiger partial charge < -0.3 is 14.4 Å². The molecule has 1 atom stereocenters. The van der Waals surface area contributed by atoms with Crippen LogP contribution < -0.4 is 9.47 Å². The van der Waals surface area contributed by atoms with Crippen LogP contribution in [0, 0.1) is 5.82 Å². The van der Waals surface area contributed by atoms with Gasteiger partial charge in [0.15, 0.2) is 5.82 Å². The molecule has 0 radical (unpaired) electrons. The lowest BCUT2D eigenvalue weighted by Crippen LogP contribution is -2.31. The zero-order chi connectivity index (χ0) is 24.2. The minimum atomic E-state index is -0.409. The number of methoxy groups -OCH3 is 1. The number of pyridine rings is 1. The van der Waals surface area contributed by atoms with Gasteiger partial charge in [0.05, 0.1) is 18.8 Å². The summed E-state index contributed by atoms with van der Waals surface area (Å²) in [5.74, 6) is 1.29. The first-order chi connectivity index (χ1) is 17.1. The first-order valence-corrected chi connectivity index (χ1v) is 11.3. The maximum absolute atomic E-state index is 13.5. The Hall–Kier alpha value is -4.33. The van der Waals surface area contributed by atoms with E-state index in [0.717, 1.165) is 29.8 Å². The number of aromatic nitrogens is 3. The number of amides is 1. The highest BCUT2D eigenvalue weighted by molar-refractivity contribution is 5.94. The molecule has 7 nitrogen and oxygen atoms in total. The number of rotatable bonds is 6. The van der Waals surface area contributed by atoms with Crippen molar-refractivity contribution in [3.63, 3.8) is 0 Å². The van der Waals surface area contributed by atoms with Crippen LogP contribution in [0.5, 0.6) is 17.4 Å². The van der Waals surface area contributed by atoms with Gasteiger partial charge in [-0.15, -0.1) is 0 Å². The predicted molar refractivity (Wildman–Crippen MR) is 128 cm³/mol. The Bertz CT molecular complexity index is 1360. The fraction of sp³-hybridized carbons (Fsp3) is 0.185. The van der Waals surface area contributed by atoms with E-state index in [2.05, 4.69) is 9.97 Å². The topological polar surface area (TPSA) is 77.4 Å². The average molecular weight is 471 g/mol. The molecule has 5 rings (SSSR count). The number of nitrogens with zero attached hydrogens (tertiary/aromatic N) is 4. The minimum Gasteiger partial charge on any atom is -0.497 e. The molecule has 1 fully saturated rings. The van der Waals surface area contributed by atoms with Crippen LogP contribution in [0.2, 0.25) is 0 Å². The number of hydrogen-bond acceptors (Lipinski definition) is 6. The van der Waals surface area contributed by atoms with Crippen molar-refractivity contribution in [1.29, 1.82) is 0 Å². The number of ether oxygens (including phenoxy) is 2. The number of benzene rings is 2. The normalized spacial score (nSPS) is 15.1. The van der Waals surface area contributed by atoms with Gasteiger partial charge in [-0.2, -0.15) is 0 Å². The second-order valence-corrected chi connectivity index (χ2v) is 8.14. The minimum absolute atomic E-state index is 0.138. The molecule has 0 saturated carbocycles. The molecule has 8 heteroatoms. The van der Waals surface area contributed by atoms with E-state index in [1.54, 1.807) is 37.6 Å². The van der Waals surface area contributed by atoms with Crippen LogP contribution in [0.3, 0.4) is 0 Å². The SMILES string of the molecule is COc1cccc(-c2nccc([C@@H]3CCCN3C(=O)c3ccnc(Oc4cccc(F)c4)c3)n2)c1. The smallest absolute Gasteiger partial charge is 0.254 e. The number of carbonyl (C=O) groups is 1. The fourth-order valence-electron chi connectivity index (χ4n) is 4.19. The van der Waals surface area contributed by atoms with Crippen molar-refractivity contribution >= 4 is 5.91 Å². The molecule has 2 aromatic heterocycles. The van der Waals surface area contributed by atoms with Gasteiger partial charge in [0.2, 0.25) is 5.88 Å². The van der Waals surface area contributed by atoms with Crippen LogP contribution in [0.25, 0.3) is 11.4 Å². The van der Waals surface area contributed by atoms with E-state index in [4.69, 9.17) is 14.5 Å². The highest BCUT2D eigenvalue weighted by atomic mass is 19.1. The Kier molecular flexibility index (Phi) is 6.34. The van der Waals surface area contributed by atoms with E-state index in [1.807, 2.05) is 35.2 Å². The average Bonchev–Trinajstić information content (AvgIpc) is 3.39. The highest BCUT2D eigenvalue weighted by Gasteiger charge is 2.32. The zero-order valence-corrected chi connectivity index (χ0v) is 19.1. The maximum atomic E-state index is 13.5. The van der Waals surface area contributed by atoms with Gasteiger partial charge in [0.25, 0.3) is 5.91 Å². The van der Waals surface area contributed by atoms with Crippen LogP contribution in [0.1, 0.15) is 34.9 Å². The molecular weight excluding hydrogens is 447 g/mol. The van der Waals surface area contributed by atoms with Gasteiger partial charge in [-0.3, -0.25) is 4.79 Å². The summed E-state index contributed by atoms with van der Waals surface area (Å²) in [4.78, 5) is 28.6. The summed E-state index contributed by atoms with van der Waals surface area (Å²) in [6.07, 6.45) is 4.90. The van der Waals surface area contributed by atoms with E-state index < -0.39 is 5.82 Å². The second kappa shape index (κ2) is 9.89.